The molecule has 2 saturated carbocycles. The molecule has 0 amide bonds. The predicted octanol–water partition coefficient (Wildman–Crippen LogP) is 8.88. The van der Waals surface area contributed by atoms with Crippen molar-refractivity contribution in [3.05, 3.63) is 29.8 Å². The Hall–Kier alpha value is -0.980. The second-order valence-corrected chi connectivity index (χ2v) is 10.3. The first-order chi connectivity index (χ1) is 14.3. The number of anilines is 1. The van der Waals surface area contributed by atoms with Gasteiger partial charge in [0.05, 0.1) is 0 Å². The highest BCUT2D eigenvalue weighted by Gasteiger charge is 2.31. The normalized spacial score (nSPS) is 27.8. The van der Waals surface area contributed by atoms with Crippen LogP contribution in [0.15, 0.2) is 24.3 Å². The third-order valence-corrected chi connectivity index (χ3v) is 8.20. The maximum absolute atomic E-state index is 5.85. The first-order valence-electron chi connectivity index (χ1n) is 13.1. The summed E-state index contributed by atoms with van der Waals surface area (Å²) in [6, 6.07) is 8.68. The fourth-order valence-electron chi connectivity index (χ4n) is 6.21. The average molecular weight is 398 g/mol. The monoisotopic (exact) mass is 397 g/mol. The number of hydrogen-bond acceptors (Lipinski definition) is 1. The third-order valence-electron chi connectivity index (χ3n) is 8.20. The van der Waals surface area contributed by atoms with Gasteiger partial charge >= 0.3 is 0 Å². The summed E-state index contributed by atoms with van der Waals surface area (Å²) in [7, 11) is 0. The van der Waals surface area contributed by atoms with Gasteiger partial charge in [-0.25, -0.2) is 0 Å². The molecule has 29 heavy (non-hydrogen) atoms. The predicted molar refractivity (Wildman–Crippen MR) is 128 cm³/mol. The van der Waals surface area contributed by atoms with E-state index in [1.165, 1.54) is 115 Å². The molecule has 0 saturated heterocycles. The highest BCUT2D eigenvalue weighted by atomic mass is 14.5. The summed E-state index contributed by atoms with van der Waals surface area (Å²) in [6.07, 6.45) is 25.0. The summed E-state index contributed by atoms with van der Waals surface area (Å²) >= 11 is 0. The lowest BCUT2D eigenvalue weighted by atomic mass is 9.68. The quantitative estimate of drug-likeness (QED) is 0.293. The van der Waals surface area contributed by atoms with Crippen LogP contribution in [-0.4, -0.2) is 0 Å². The first kappa shape index (κ1) is 22.7. The smallest absolute Gasteiger partial charge is 0.0314 e. The maximum Gasteiger partial charge on any atom is 0.0314 e. The minimum Gasteiger partial charge on any atom is -0.399 e. The van der Waals surface area contributed by atoms with Gasteiger partial charge in [-0.2, -0.15) is 0 Å². The van der Waals surface area contributed by atoms with E-state index >= 15 is 0 Å². The van der Waals surface area contributed by atoms with Crippen LogP contribution >= 0.6 is 0 Å². The zero-order chi connectivity index (χ0) is 20.3. The highest BCUT2D eigenvalue weighted by molar-refractivity contribution is 5.40. The Balaban J connectivity index is 1.25. The van der Waals surface area contributed by atoms with Gasteiger partial charge in [-0.3, -0.25) is 0 Å². The van der Waals surface area contributed by atoms with E-state index in [1.807, 2.05) is 0 Å². The molecule has 0 spiro atoms. The van der Waals surface area contributed by atoms with Crippen molar-refractivity contribution in [2.45, 2.75) is 122 Å². The Labute approximate surface area is 181 Å². The van der Waals surface area contributed by atoms with E-state index in [-0.39, 0.29) is 0 Å². The van der Waals surface area contributed by atoms with E-state index in [4.69, 9.17) is 5.73 Å². The fourth-order valence-corrected chi connectivity index (χ4v) is 6.21. The summed E-state index contributed by atoms with van der Waals surface area (Å²) < 4.78 is 0. The van der Waals surface area contributed by atoms with Gasteiger partial charge in [-0.05, 0) is 79.9 Å². The summed E-state index contributed by atoms with van der Waals surface area (Å²) in [5.74, 6) is 3.89. The van der Waals surface area contributed by atoms with E-state index in [9.17, 15) is 0 Å². The standard InChI is InChI=1S/C28H47N/c1-2-3-4-5-6-7-8-9-10-23-11-13-24(14-12-23)25-15-17-26(18-16-25)27-19-21-28(29)22-20-27/h19-26H,2-18,29H2,1H3/t23-,24-,25?,26?. The van der Waals surface area contributed by atoms with Crippen LogP contribution in [0.3, 0.4) is 0 Å². The van der Waals surface area contributed by atoms with Crippen molar-refractivity contribution in [1.82, 2.24) is 0 Å². The molecule has 0 aromatic heterocycles. The SMILES string of the molecule is CCCCCCCCCC[C@H]1CC[C@H](C2CCC(c3ccc(N)cc3)CC2)CC1. The number of hydrogen-bond donors (Lipinski definition) is 1. The molecule has 3 rings (SSSR count). The van der Waals surface area contributed by atoms with Crippen molar-refractivity contribution in [2.75, 3.05) is 5.73 Å². The van der Waals surface area contributed by atoms with Gasteiger partial charge in [-0.1, -0.05) is 89.7 Å². The molecule has 2 aliphatic rings. The van der Waals surface area contributed by atoms with Crippen molar-refractivity contribution in [3.8, 4) is 0 Å². The first-order valence-corrected chi connectivity index (χ1v) is 13.1. The molecule has 0 unspecified atom stereocenters. The van der Waals surface area contributed by atoms with Gasteiger partial charge in [0.25, 0.3) is 0 Å². The molecule has 0 atom stereocenters. The van der Waals surface area contributed by atoms with E-state index < -0.39 is 0 Å². The zero-order valence-electron chi connectivity index (χ0n) is 19.2. The van der Waals surface area contributed by atoms with Crippen LogP contribution in [-0.2, 0) is 0 Å². The lowest BCUT2D eigenvalue weighted by molar-refractivity contribution is 0.155. The van der Waals surface area contributed by atoms with Gasteiger partial charge in [0.15, 0.2) is 0 Å². The molecule has 0 heterocycles. The molecule has 2 N–H and O–H groups in total. The fraction of sp³-hybridized carbons (Fsp3) is 0.786. The van der Waals surface area contributed by atoms with Crippen molar-refractivity contribution in [3.63, 3.8) is 0 Å². The van der Waals surface area contributed by atoms with Gasteiger partial charge in [0.2, 0.25) is 0 Å². The number of nitrogens with two attached hydrogens (primary N) is 1. The van der Waals surface area contributed by atoms with Crippen LogP contribution in [0.2, 0.25) is 0 Å². The molecule has 1 heteroatoms. The van der Waals surface area contributed by atoms with Gasteiger partial charge in [0.1, 0.15) is 0 Å². The average Bonchev–Trinajstić information content (AvgIpc) is 2.77. The molecule has 0 radical (unpaired) electrons. The van der Waals surface area contributed by atoms with Crippen LogP contribution < -0.4 is 5.73 Å². The van der Waals surface area contributed by atoms with Crippen molar-refractivity contribution >= 4 is 5.69 Å². The summed E-state index contributed by atoms with van der Waals surface area (Å²) in [5.41, 5.74) is 8.27. The maximum atomic E-state index is 5.85. The van der Waals surface area contributed by atoms with E-state index in [0.29, 0.717) is 0 Å². The minimum absolute atomic E-state index is 0.783. The Morgan fingerprint density at radius 1 is 0.655 bits per heavy atom. The second-order valence-electron chi connectivity index (χ2n) is 10.3. The van der Waals surface area contributed by atoms with Crippen molar-refractivity contribution in [1.29, 1.82) is 0 Å². The Morgan fingerprint density at radius 2 is 1.17 bits per heavy atom. The molecule has 2 aliphatic carbocycles. The molecule has 1 aromatic rings. The van der Waals surface area contributed by atoms with E-state index in [1.54, 1.807) is 0 Å². The third kappa shape index (κ3) is 7.65. The van der Waals surface area contributed by atoms with Crippen LogP contribution in [0, 0.1) is 17.8 Å². The van der Waals surface area contributed by atoms with Crippen molar-refractivity contribution < 1.29 is 0 Å². The molecule has 164 valence electrons. The summed E-state index contributed by atoms with van der Waals surface area (Å²) in [4.78, 5) is 0. The highest BCUT2D eigenvalue weighted by Crippen LogP contribution is 2.44. The Morgan fingerprint density at radius 3 is 1.76 bits per heavy atom. The number of unbranched alkanes of at least 4 members (excludes halogenated alkanes) is 7. The lowest BCUT2D eigenvalue weighted by Gasteiger charge is -2.38. The van der Waals surface area contributed by atoms with E-state index in [2.05, 4.69) is 31.2 Å². The molecule has 0 aliphatic heterocycles. The summed E-state index contributed by atoms with van der Waals surface area (Å²) in [6.45, 7) is 2.31. The number of nitrogen functional groups attached to an aromatic ring is 1. The zero-order valence-corrected chi connectivity index (χ0v) is 19.2. The molecule has 2 fully saturated rings. The van der Waals surface area contributed by atoms with Gasteiger partial charge in [-0.15, -0.1) is 0 Å². The number of rotatable bonds is 11. The van der Waals surface area contributed by atoms with Gasteiger partial charge in [0, 0.05) is 5.69 Å². The van der Waals surface area contributed by atoms with Crippen LogP contribution in [0.4, 0.5) is 5.69 Å². The van der Waals surface area contributed by atoms with Crippen LogP contribution in [0.1, 0.15) is 128 Å². The lowest BCUT2D eigenvalue weighted by Crippen LogP contribution is -2.25. The summed E-state index contributed by atoms with van der Waals surface area (Å²) in [5, 5.41) is 0. The van der Waals surface area contributed by atoms with Gasteiger partial charge < -0.3 is 5.73 Å². The van der Waals surface area contributed by atoms with Crippen molar-refractivity contribution in [2.24, 2.45) is 17.8 Å². The number of benzene rings is 1. The van der Waals surface area contributed by atoms with E-state index in [0.717, 1.165) is 29.4 Å². The molecular formula is C28H47N. The van der Waals surface area contributed by atoms with Crippen LogP contribution in [0.5, 0.6) is 0 Å². The van der Waals surface area contributed by atoms with Crippen LogP contribution in [0.25, 0.3) is 0 Å². The molecule has 1 aromatic carbocycles. The second kappa shape index (κ2) is 12.7. The largest absolute Gasteiger partial charge is 0.399 e. The Kier molecular flexibility index (Phi) is 9.91. The molecular weight excluding hydrogens is 350 g/mol. The Bertz CT molecular complexity index is 532. The minimum atomic E-state index is 0.783. The molecule has 0 bridgehead atoms. The topological polar surface area (TPSA) is 26.0 Å². The molecule has 1 nitrogen and oxygen atoms in total.